The van der Waals surface area contributed by atoms with Crippen molar-refractivity contribution in [1.82, 2.24) is 20.5 Å². The van der Waals surface area contributed by atoms with E-state index >= 15 is 0 Å². The highest BCUT2D eigenvalue weighted by molar-refractivity contribution is 14.0. The van der Waals surface area contributed by atoms with E-state index in [4.69, 9.17) is 10.7 Å². The molecule has 1 amide bonds. The quantitative estimate of drug-likeness (QED) is 0.185. The zero-order valence-corrected chi connectivity index (χ0v) is 21.3. The van der Waals surface area contributed by atoms with Crippen LogP contribution in [0.1, 0.15) is 39.0 Å². The maximum absolute atomic E-state index is 14.0. The minimum absolute atomic E-state index is 0. The number of piperidine rings is 1. The number of rotatable bonds is 9. The second-order valence-electron chi connectivity index (χ2n) is 8.37. The highest BCUT2D eigenvalue weighted by Crippen LogP contribution is 2.21. The van der Waals surface area contributed by atoms with Crippen LogP contribution in [0.4, 0.5) is 10.2 Å². The number of amides is 1. The molecule has 0 aliphatic carbocycles. The molecule has 0 spiro atoms. The van der Waals surface area contributed by atoms with Crippen molar-refractivity contribution in [2.75, 3.05) is 50.7 Å². The molecule has 3 rings (SSSR count). The summed E-state index contributed by atoms with van der Waals surface area (Å²) in [7, 11) is 0. The number of halogens is 2. The van der Waals surface area contributed by atoms with Crippen molar-refractivity contribution < 1.29 is 9.18 Å². The lowest BCUT2D eigenvalue weighted by Gasteiger charge is -2.30. The molecule has 1 atom stereocenters. The normalized spacial score (nSPS) is 20.1. The van der Waals surface area contributed by atoms with Gasteiger partial charge in [-0.1, -0.05) is 0 Å². The molecule has 2 saturated heterocycles. The molecule has 3 heterocycles. The highest BCUT2D eigenvalue weighted by Gasteiger charge is 2.26. The van der Waals surface area contributed by atoms with Crippen molar-refractivity contribution in [3.05, 3.63) is 24.1 Å². The van der Waals surface area contributed by atoms with Crippen LogP contribution in [-0.2, 0) is 4.79 Å². The number of carbonyl (C=O) groups excluding carboxylic acids is 1. The van der Waals surface area contributed by atoms with E-state index in [-0.39, 0.29) is 47.7 Å². The second-order valence-corrected chi connectivity index (χ2v) is 8.37. The molecule has 2 aliphatic heterocycles. The van der Waals surface area contributed by atoms with Gasteiger partial charge < -0.3 is 26.2 Å². The summed E-state index contributed by atoms with van der Waals surface area (Å²) in [6.45, 7) is 8.04. The molecule has 2 aliphatic rings. The van der Waals surface area contributed by atoms with Crippen molar-refractivity contribution in [1.29, 1.82) is 0 Å². The van der Waals surface area contributed by atoms with Crippen LogP contribution in [0, 0.1) is 11.7 Å². The third-order valence-electron chi connectivity index (χ3n) is 6.05. The Bertz CT molecular complexity index is 743. The van der Waals surface area contributed by atoms with Gasteiger partial charge in [0.05, 0.1) is 0 Å². The lowest BCUT2D eigenvalue weighted by molar-refractivity contribution is -0.123. The summed E-state index contributed by atoms with van der Waals surface area (Å²) in [6, 6.07) is 3.28. The largest absolute Gasteiger partial charge is 0.369 e. The summed E-state index contributed by atoms with van der Waals surface area (Å²) in [5.74, 6) is 0.859. The molecule has 0 saturated carbocycles. The molecule has 0 bridgehead atoms. The number of aromatic nitrogens is 1. The fraction of sp³-hybridized carbons (Fsp3) is 0.682. The van der Waals surface area contributed by atoms with E-state index in [1.54, 1.807) is 12.3 Å². The Morgan fingerprint density at radius 3 is 2.75 bits per heavy atom. The molecule has 4 N–H and O–H groups in total. The maximum Gasteiger partial charge on any atom is 0.220 e. The van der Waals surface area contributed by atoms with Crippen molar-refractivity contribution in [2.24, 2.45) is 16.6 Å². The minimum atomic E-state index is -0.275. The van der Waals surface area contributed by atoms with Crippen LogP contribution in [0.5, 0.6) is 0 Å². The number of nitrogens with one attached hydrogen (secondary N) is 2. The van der Waals surface area contributed by atoms with Gasteiger partial charge in [0, 0.05) is 44.3 Å². The van der Waals surface area contributed by atoms with E-state index in [0.29, 0.717) is 12.4 Å². The van der Waals surface area contributed by atoms with Gasteiger partial charge in [0.1, 0.15) is 0 Å². The van der Waals surface area contributed by atoms with Gasteiger partial charge in [0.15, 0.2) is 17.6 Å². The van der Waals surface area contributed by atoms with Gasteiger partial charge in [-0.05, 0) is 70.8 Å². The molecule has 0 radical (unpaired) electrons. The lowest BCUT2D eigenvalue weighted by atomic mass is 9.96. The minimum Gasteiger partial charge on any atom is -0.369 e. The summed E-state index contributed by atoms with van der Waals surface area (Å²) in [5.41, 5.74) is 5.40. The Labute approximate surface area is 207 Å². The summed E-state index contributed by atoms with van der Waals surface area (Å²) >= 11 is 0. The number of primary amides is 1. The Kier molecular flexibility index (Phi) is 11.4. The predicted molar refractivity (Wildman–Crippen MR) is 137 cm³/mol. The first-order chi connectivity index (χ1) is 15.1. The maximum atomic E-state index is 14.0. The van der Waals surface area contributed by atoms with E-state index in [2.05, 4.69) is 27.4 Å². The van der Waals surface area contributed by atoms with Crippen LogP contribution in [0.25, 0.3) is 0 Å². The smallest absolute Gasteiger partial charge is 0.220 e. The first-order valence-electron chi connectivity index (χ1n) is 11.5. The Morgan fingerprint density at radius 2 is 2.06 bits per heavy atom. The Balaban J connectivity index is 0.00000363. The fourth-order valence-corrected chi connectivity index (χ4v) is 4.27. The molecule has 10 heteroatoms. The molecule has 8 nitrogen and oxygen atoms in total. The van der Waals surface area contributed by atoms with Gasteiger partial charge in [0.25, 0.3) is 0 Å². The van der Waals surface area contributed by atoms with E-state index in [0.717, 1.165) is 77.3 Å². The van der Waals surface area contributed by atoms with Crippen LogP contribution in [0.2, 0.25) is 0 Å². The predicted octanol–water partition coefficient (Wildman–Crippen LogP) is 1.95. The number of pyridine rings is 1. The van der Waals surface area contributed by atoms with Crippen molar-refractivity contribution in [3.63, 3.8) is 0 Å². The van der Waals surface area contributed by atoms with Crippen molar-refractivity contribution in [3.8, 4) is 0 Å². The van der Waals surface area contributed by atoms with Gasteiger partial charge in [-0.2, -0.15) is 0 Å². The first-order valence-corrected chi connectivity index (χ1v) is 11.5. The molecule has 1 unspecified atom stereocenters. The number of hydrogen-bond donors (Lipinski definition) is 3. The van der Waals surface area contributed by atoms with E-state index in [9.17, 15) is 9.18 Å². The highest BCUT2D eigenvalue weighted by atomic mass is 127. The monoisotopic (exact) mass is 561 g/mol. The summed E-state index contributed by atoms with van der Waals surface area (Å²) < 4.78 is 14.0. The lowest BCUT2D eigenvalue weighted by Crippen LogP contribution is -2.44. The van der Waals surface area contributed by atoms with E-state index in [1.807, 2.05) is 4.90 Å². The Morgan fingerprint density at radius 1 is 1.28 bits per heavy atom. The number of aliphatic imine (C=N–C) groups is 1. The summed E-state index contributed by atoms with van der Waals surface area (Å²) in [5, 5.41) is 6.79. The Hall–Kier alpha value is -1.69. The molecule has 32 heavy (non-hydrogen) atoms. The van der Waals surface area contributed by atoms with Crippen LogP contribution in [0.3, 0.4) is 0 Å². The number of likely N-dealkylation sites (tertiary alicyclic amines) is 1. The second kappa shape index (κ2) is 13.8. The number of unbranched alkanes of at least 4 members (excludes halogenated alkanes) is 1. The van der Waals surface area contributed by atoms with Gasteiger partial charge in [0.2, 0.25) is 5.91 Å². The zero-order valence-electron chi connectivity index (χ0n) is 18.9. The topological polar surface area (TPSA) is 98.9 Å². The van der Waals surface area contributed by atoms with Crippen LogP contribution >= 0.6 is 24.0 Å². The molecule has 180 valence electrons. The number of nitrogens with two attached hydrogens (primary N) is 1. The van der Waals surface area contributed by atoms with Gasteiger partial charge in [-0.25, -0.2) is 9.37 Å². The van der Waals surface area contributed by atoms with Crippen LogP contribution < -0.4 is 21.3 Å². The molecule has 1 aromatic rings. The fourth-order valence-electron chi connectivity index (χ4n) is 4.27. The van der Waals surface area contributed by atoms with Crippen molar-refractivity contribution >= 4 is 41.7 Å². The number of anilines is 1. The molecule has 0 aromatic carbocycles. The number of hydrogen-bond acceptors (Lipinski definition) is 5. The number of carbonyl (C=O) groups is 1. The van der Waals surface area contributed by atoms with Crippen molar-refractivity contribution in [2.45, 2.75) is 45.1 Å². The third-order valence-corrected chi connectivity index (χ3v) is 6.05. The zero-order chi connectivity index (χ0) is 22.1. The van der Waals surface area contributed by atoms with E-state index < -0.39 is 0 Å². The average Bonchev–Trinajstić information content (AvgIpc) is 3.22. The van der Waals surface area contributed by atoms with Crippen LogP contribution in [-0.4, -0.2) is 73.6 Å². The SMILES string of the molecule is CCNC(=NCCCCN1CCC(C(N)=O)CC1)NC1CCN(c2ncccc2F)C1.I. The standard InChI is InChI=1S/C22H36FN7O.HI/c1-2-25-22(27-10-3-4-12-29-13-7-17(8-14-29)20(24)31)28-18-9-15-30(16-18)21-19(23)6-5-11-26-21;/h5-6,11,17-18H,2-4,7-10,12-16H2,1H3,(H2,24,31)(H2,25,27,28);1H. The van der Waals surface area contributed by atoms with Crippen LogP contribution in [0.15, 0.2) is 23.3 Å². The molecule has 1 aromatic heterocycles. The summed E-state index contributed by atoms with van der Waals surface area (Å²) in [4.78, 5) is 24.6. The van der Waals surface area contributed by atoms with Gasteiger partial charge >= 0.3 is 0 Å². The first kappa shape index (κ1) is 26.6. The molecular formula is C22H37FIN7O. The van der Waals surface area contributed by atoms with Gasteiger partial charge in [-0.3, -0.25) is 9.79 Å². The average molecular weight is 561 g/mol. The molecular weight excluding hydrogens is 524 g/mol. The number of guanidine groups is 1. The summed E-state index contributed by atoms with van der Waals surface area (Å²) in [6.07, 6.45) is 6.40. The third kappa shape index (κ3) is 8.02. The molecule has 2 fully saturated rings. The van der Waals surface area contributed by atoms with E-state index in [1.165, 1.54) is 6.07 Å². The number of nitrogens with zero attached hydrogens (tertiary/aromatic N) is 4. The van der Waals surface area contributed by atoms with Gasteiger partial charge in [-0.15, -0.1) is 24.0 Å².